The molecule has 0 saturated carbocycles. The maximum atomic E-state index is 13.9. The third-order valence-corrected chi connectivity index (χ3v) is 2.88. The van der Waals surface area contributed by atoms with Crippen LogP contribution in [0, 0.1) is 5.82 Å². The number of alkyl halides is 3. The van der Waals surface area contributed by atoms with Crippen LogP contribution < -0.4 is 10.2 Å². The van der Waals surface area contributed by atoms with E-state index >= 15 is 0 Å². The van der Waals surface area contributed by atoms with Gasteiger partial charge in [0, 0.05) is 13.1 Å². The van der Waals surface area contributed by atoms with E-state index in [4.69, 9.17) is 0 Å². The molecule has 20 heavy (non-hydrogen) atoms. The maximum Gasteiger partial charge on any atom is 0.405 e. The van der Waals surface area contributed by atoms with Crippen molar-refractivity contribution in [2.24, 2.45) is 0 Å². The smallest absolute Gasteiger partial charge is 0.360 e. The van der Waals surface area contributed by atoms with Crippen LogP contribution in [0.1, 0.15) is 25.8 Å². The molecule has 1 rings (SSSR count). The van der Waals surface area contributed by atoms with Gasteiger partial charge in [-0.3, -0.25) is 0 Å². The zero-order chi connectivity index (χ0) is 15.2. The van der Waals surface area contributed by atoms with Gasteiger partial charge in [0.25, 0.3) is 0 Å². The summed E-state index contributed by atoms with van der Waals surface area (Å²) in [5, 5.41) is 3.09. The average molecular weight is 292 g/mol. The number of nitrogens with one attached hydrogen (secondary N) is 1. The summed E-state index contributed by atoms with van der Waals surface area (Å²) in [4.78, 5) is 1.03. The minimum absolute atomic E-state index is 0.0379. The molecule has 0 atom stereocenters. The summed E-state index contributed by atoms with van der Waals surface area (Å²) >= 11 is 0. The van der Waals surface area contributed by atoms with Crippen LogP contribution in [0.5, 0.6) is 0 Å². The van der Waals surface area contributed by atoms with Gasteiger partial charge in [0.1, 0.15) is 12.4 Å². The first-order valence-corrected chi connectivity index (χ1v) is 6.68. The lowest BCUT2D eigenvalue weighted by Gasteiger charge is -2.27. The second kappa shape index (κ2) is 7.47. The van der Waals surface area contributed by atoms with Gasteiger partial charge in [-0.05, 0) is 31.5 Å². The molecule has 0 aliphatic carbocycles. The molecule has 0 bridgehead atoms. The van der Waals surface area contributed by atoms with Crippen molar-refractivity contribution in [3.8, 4) is 0 Å². The van der Waals surface area contributed by atoms with Gasteiger partial charge in [0.2, 0.25) is 0 Å². The Kier molecular flexibility index (Phi) is 6.26. The lowest BCUT2D eigenvalue weighted by Crippen LogP contribution is -2.35. The molecule has 0 aliphatic heterocycles. The Balaban J connectivity index is 3.00. The first kappa shape index (κ1) is 16.8. The summed E-state index contributed by atoms with van der Waals surface area (Å²) in [6, 6.07) is 4.36. The van der Waals surface area contributed by atoms with Gasteiger partial charge in [-0.25, -0.2) is 4.39 Å². The molecule has 0 aromatic heterocycles. The third kappa shape index (κ3) is 5.00. The average Bonchev–Trinajstić information content (AvgIpc) is 2.36. The summed E-state index contributed by atoms with van der Waals surface area (Å²) in [6.07, 6.45) is -3.45. The Hall–Kier alpha value is -1.30. The molecule has 0 heterocycles. The van der Waals surface area contributed by atoms with Crippen LogP contribution in [0.4, 0.5) is 23.2 Å². The van der Waals surface area contributed by atoms with E-state index in [1.54, 1.807) is 13.0 Å². The summed E-state index contributed by atoms with van der Waals surface area (Å²) < 4.78 is 51.6. The molecule has 2 nitrogen and oxygen atoms in total. The number of hydrogen-bond acceptors (Lipinski definition) is 2. The second-order valence-corrected chi connectivity index (χ2v) is 4.55. The van der Waals surface area contributed by atoms with Gasteiger partial charge in [-0.2, -0.15) is 13.2 Å². The minimum Gasteiger partial charge on any atom is -0.360 e. The van der Waals surface area contributed by atoms with Crippen LogP contribution in [0.2, 0.25) is 0 Å². The number of halogens is 4. The van der Waals surface area contributed by atoms with Gasteiger partial charge >= 0.3 is 6.18 Å². The molecular formula is C14H20F4N2. The highest BCUT2D eigenvalue weighted by Crippen LogP contribution is 2.28. The van der Waals surface area contributed by atoms with E-state index in [-0.39, 0.29) is 12.2 Å². The standard InChI is InChI=1S/C14H20F4N2/c1-3-8-19-9-11-6-5-7-12(15)13(11)20(4-2)10-14(16,17)18/h5-7,19H,3-4,8-10H2,1-2H3. The number of benzene rings is 1. The lowest BCUT2D eigenvalue weighted by molar-refractivity contribution is -0.119. The van der Waals surface area contributed by atoms with E-state index in [1.165, 1.54) is 12.1 Å². The Morgan fingerprint density at radius 3 is 2.45 bits per heavy atom. The zero-order valence-corrected chi connectivity index (χ0v) is 11.7. The summed E-state index contributed by atoms with van der Waals surface area (Å²) in [7, 11) is 0. The van der Waals surface area contributed by atoms with Crippen molar-refractivity contribution in [3.05, 3.63) is 29.6 Å². The molecule has 0 aliphatic rings. The molecule has 0 fully saturated rings. The summed E-state index contributed by atoms with van der Waals surface area (Å²) in [5.41, 5.74) is 0.584. The van der Waals surface area contributed by atoms with Crippen molar-refractivity contribution in [1.29, 1.82) is 0 Å². The summed E-state index contributed by atoms with van der Waals surface area (Å²) in [6.45, 7) is 3.62. The highest BCUT2D eigenvalue weighted by molar-refractivity contribution is 5.55. The quantitative estimate of drug-likeness (QED) is 0.609. The van der Waals surface area contributed by atoms with E-state index < -0.39 is 18.5 Å². The fraction of sp³-hybridized carbons (Fsp3) is 0.571. The first-order valence-electron chi connectivity index (χ1n) is 6.68. The Bertz CT molecular complexity index is 418. The molecular weight excluding hydrogens is 272 g/mol. The van der Waals surface area contributed by atoms with Crippen molar-refractivity contribution < 1.29 is 17.6 Å². The van der Waals surface area contributed by atoms with Gasteiger partial charge in [-0.15, -0.1) is 0 Å². The van der Waals surface area contributed by atoms with E-state index in [1.807, 2.05) is 6.92 Å². The van der Waals surface area contributed by atoms with Crippen molar-refractivity contribution in [2.75, 3.05) is 24.5 Å². The van der Waals surface area contributed by atoms with Gasteiger partial charge in [0.15, 0.2) is 0 Å². The number of rotatable bonds is 7. The topological polar surface area (TPSA) is 15.3 Å². The monoisotopic (exact) mass is 292 g/mol. The van der Waals surface area contributed by atoms with E-state index in [2.05, 4.69) is 5.32 Å². The third-order valence-electron chi connectivity index (χ3n) is 2.88. The van der Waals surface area contributed by atoms with Gasteiger partial charge in [0.05, 0.1) is 5.69 Å². The molecule has 1 N–H and O–H groups in total. The van der Waals surface area contributed by atoms with E-state index in [9.17, 15) is 17.6 Å². The van der Waals surface area contributed by atoms with Crippen LogP contribution in [0.15, 0.2) is 18.2 Å². The number of hydrogen-bond donors (Lipinski definition) is 1. The number of anilines is 1. The lowest BCUT2D eigenvalue weighted by atomic mass is 10.1. The van der Waals surface area contributed by atoms with E-state index in [0.717, 1.165) is 17.9 Å². The predicted molar refractivity (Wildman–Crippen MR) is 72.3 cm³/mol. The van der Waals surface area contributed by atoms with Crippen molar-refractivity contribution in [2.45, 2.75) is 33.0 Å². The first-order chi connectivity index (χ1) is 9.39. The molecule has 1 aromatic carbocycles. The number of nitrogens with zero attached hydrogens (tertiary/aromatic N) is 1. The normalized spacial score (nSPS) is 11.7. The predicted octanol–water partition coefficient (Wildman–Crippen LogP) is 3.71. The Labute approximate surface area is 116 Å². The maximum absolute atomic E-state index is 13.9. The highest BCUT2D eigenvalue weighted by atomic mass is 19.4. The van der Waals surface area contributed by atoms with Crippen LogP contribution in [0.3, 0.4) is 0 Å². The molecule has 0 amide bonds. The molecule has 0 unspecified atom stereocenters. The second-order valence-electron chi connectivity index (χ2n) is 4.55. The molecule has 114 valence electrons. The van der Waals surface area contributed by atoms with Gasteiger partial charge in [-0.1, -0.05) is 19.1 Å². The van der Waals surface area contributed by atoms with Crippen LogP contribution in [0.25, 0.3) is 0 Å². The van der Waals surface area contributed by atoms with Crippen LogP contribution >= 0.6 is 0 Å². The Morgan fingerprint density at radius 2 is 1.90 bits per heavy atom. The molecule has 1 aromatic rings. The molecule has 0 radical (unpaired) electrons. The largest absolute Gasteiger partial charge is 0.405 e. The van der Waals surface area contributed by atoms with Crippen LogP contribution in [-0.2, 0) is 6.54 Å². The zero-order valence-electron chi connectivity index (χ0n) is 11.7. The Morgan fingerprint density at radius 1 is 1.20 bits per heavy atom. The molecule has 0 saturated heterocycles. The van der Waals surface area contributed by atoms with Crippen molar-refractivity contribution in [1.82, 2.24) is 5.32 Å². The highest BCUT2D eigenvalue weighted by Gasteiger charge is 2.31. The summed E-state index contributed by atoms with van der Waals surface area (Å²) in [5.74, 6) is -0.619. The number of para-hydroxylation sites is 1. The SMILES string of the molecule is CCCNCc1cccc(F)c1N(CC)CC(F)(F)F. The fourth-order valence-electron chi connectivity index (χ4n) is 2.02. The molecule has 0 spiro atoms. The fourth-order valence-corrected chi connectivity index (χ4v) is 2.02. The van der Waals surface area contributed by atoms with E-state index in [0.29, 0.717) is 12.1 Å². The van der Waals surface area contributed by atoms with Gasteiger partial charge < -0.3 is 10.2 Å². The van der Waals surface area contributed by atoms with Crippen LogP contribution in [-0.4, -0.2) is 25.8 Å². The van der Waals surface area contributed by atoms with Crippen molar-refractivity contribution in [3.63, 3.8) is 0 Å². The molecule has 6 heteroatoms. The minimum atomic E-state index is -4.35. The van der Waals surface area contributed by atoms with Crippen molar-refractivity contribution >= 4 is 5.69 Å².